The van der Waals surface area contributed by atoms with E-state index in [0.717, 1.165) is 12.8 Å². The van der Waals surface area contributed by atoms with E-state index in [4.69, 9.17) is 4.74 Å². The predicted octanol–water partition coefficient (Wildman–Crippen LogP) is 3.77. The molecule has 0 bridgehead atoms. The summed E-state index contributed by atoms with van der Waals surface area (Å²) in [6.07, 6.45) is 2.89. The summed E-state index contributed by atoms with van der Waals surface area (Å²) < 4.78 is 5.88. The third kappa shape index (κ3) is 8.12. The lowest BCUT2D eigenvalue weighted by atomic mass is 9.80. The molecule has 0 aromatic carbocycles. The summed E-state index contributed by atoms with van der Waals surface area (Å²) in [4.78, 5) is 0. The van der Waals surface area contributed by atoms with Crippen molar-refractivity contribution in [2.45, 2.75) is 78.9 Å². The molecular weight excluding hydrogens is 200 g/mol. The van der Waals surface area contributed by atoms with E-state index >= 15 is 0 Å². The minimum absolute atomic E-state index is 0.106. The Morgan fingerprint density at radius 1 is 1.00 bits per heavy atom. The van der Waals surface area contributed by atoms with Crippen LogP contribution in [0.1, 0.15) is 67.7 Å². The van der Waals surface area contributed by atoms with E-state index in [1.807, 2.05) is 13.8 Å². The topological polar surface area (TPSA) is 29.5 Å². The smallest absolute Gasteiger partial charge is 0.0631 e. The van der Waals surface area contributed by atoms with Crippen molar-refractivity contribution in [1.82, 2.24) is 0 Å². The molecule has 0 heterocycles. The molecule has 0 saturated heterocycles. The molecule has 1 N–H and O–H groups in total. The monoisotopic (exact) mass is 230 g/mol. The third-order valence-electron chi connectivity index (χ3n) is 3.07. The van der Waals surface area contributed by atoms with Crippen molar-refractivity contribution in [2.75, 3.05) is 6.61 Å². The third-order valence-corrected chi connectivity index (χ3v) is 3.07. The van der Waals surface area contributed by atoms with E-state index < -0.39 is 5.60 Å². The van der Waals surface area contributed by atoms with Crippen molar-refractivity contribution in [2.24, 2.45) is 5.41 Å². The van der Waals surface area contributed by atoms with Crippen molar-refractivity contribution in [3.8, 4) is 0 Å². The molecule has 0 aliphatic carbocycles. The number of rotatable bonds is 7. The van der Waals surface area contributed by atoms with Gasteiger partial charge in [0, 0.05) is 0 Å². The summed E-state index contributed by atoms with van der Waals surface area (Å²) in [5, 5.41) is 9.61. The van der Waals surface area contributed by atoms with Crippen LogP contribution in [0.5, 0.6) is 0 Å². The van der Waals surface area contributed by atoms with Crippen LogP contribution in [0.3, 0.4) is 0 Å². The minimum atomic E-state index is -0.629. The summed E-state index contributed by atoms with van der Waals surface area (Å²) in [6, 6.07) is 0. The average molecular weight is 230 g/mol. The normalized spacial score (nSPS) is 14.2. The largest absolute Gasteiger partial charge is 0.390 e. The zero-order valence-electron chi connectivity index (χ0n) is 12.2. The van der Waals surface area contributed by atoms with Crippen molar-refractivity contribution in [1.29, 1.82) is 0 Å². The molecule has 0 unspecified atom stereocenters. The second-order valence-corrected chi connectivity index (χ2v) is 6.87. The number of hydrogen-bond acceptors (Lipinski definition) is 2. The van der Waals surface area contributed by atoms with Gasteiger partial charge < -0.3 is 9.84 Å². The Hall–Kier alpha value is -0.0800. The highest BCUT2D eigenvalue weighted by Gasteiger charge is 2.28. The van der Waals surface area contributed by atoms with Gasteiger partial charge in [0.15, 0.2) is 0 Å². The van der Waals surface area contributed by atoms with Crippen LogP contribution in [0, 0.1) is 5.41 Å². The van der Waals surface area contributed by atoms with Crippen LogP contribution >= 0.6 is 0 Å². The fourth-order valence-electron chi connectivity index (χ4n) is 1.91. The van der Waals surface area contributed by atoms with Crippen LogP contribution in [0.4, 0.5) is 0 Å². The van der Waals surface area contributed by atoms with Gasteiger partial charge in [-0.3, -0.25) is 0 Å². The van der Waals surface area contributed by atoms with Gasteiger partial charge in [-0.1, -0.05) is 27.2 Å². The highest BCUT2D eigenvalue weighted by molar-refractivity contribution is 4.79. The Kier molecular flexibility index (Phi) is 5.48. The summed E-state index contributed by atoms with van der Waals surface area (Å²) >= 11 is 0. The molecule has 16 heavy (non-hydrogen) atoms. The predicted molar refractivity (Wildman–Crippen MR) is 69.6 cm³/mol. The zero-order valence-corrected chi connectivity index (χ0v) is 12.2. The fourth-order valence-corrected chi connectivity index (χ4v) is 1.91. The zero-order chi connectivity index (χ0) is 13.0. The van der Waals surface area contributed by atoms with Gasteiger partial charge >= 0.3 is 0 Å². The Balaban J connectivity index is 4.06. The Labute approximate surface area is 101 Å². The van der Waals surface area contributed by atoms with Crippen LogP contribution in [-0.4, -0.2) is 22.9 Å². The summed E-state index contributed by atoms with van der Waals surface area (Å²) in [5.41, 5.74) is -0.417. The van der Waals surface area contributed by atoms with Crippen molar-refractivity contribution in [3.05, 3.63) is 0 Å². The van der Waals surface area contributed by atoms with Gasteiger partial charge in [0.25, 0.3) is 0 Å². The van der Waals surface area contributed by atoms with Gasteiger partial charge in [-0.2, -0.15) is 0 Å². The lowest BCUT2D eigenvalue weighted by molar-refractivity contribution is -0.0664. The second kappa shape index (κ2) is 5.50. The van der Waals surface area contributed by atoms with E-state index in [1.54, 1.807) is 0 Å². The first kappa shape index (κ1) is 15.9. The van der Waals surface area contributed by atoms with Gasteiger partial charge in [0.05, 0.1) is 17.8 Å². The van der Waals surface area contributed by atoms with Gasteiger partial charge in [-0.15, -0.1) is 0 Å². The van der Waals surface area contributed by atoms with E-state index in [-0.39, 0.29) is 5.60 Å². The molecule has 0 amide bonds. The van der Waals surface area contributed by atoms with Crippen molar-refractivity contribution in [3.63, 3.8) is 0 Å². The van der Waals surface area contributed by atoms with Crippen LogP contribution in [0.15, 0.2) is 0 Å². The molecule has 2 heteroatoms. The first-order valence-corrected chi connectivity index (χ1v) is 6.34. The van der Waals surface area contributed by atoms with Gasteiger partial charge in [-0.05, 0) is 46.0 Å². The molecule has 0 aliphatic rings. The maximum absolute atomic E-state index is 9.61. The van der Waals surface area contributed by atoms with Crippen LogP contribution in [0.25, 0.3) is 0 Å². The molecule has 0 aromatic rings. The molecule has 0 atom stereocenters. The van der Waals surface area contributed by atoms with Crippen molar-refractivity contribution < 1.29 is 9.84 Å². The number of hydrogen-bond donors (Lipinski definition) is 1. The Morgan fingerprint density at radius 3 is 1.88 bits per heavy atom. The number of aliphatic hydroxyl groups is 1. The molecule has 0 spiro atoms. The molecular formula is C14H30O2. The SMILES string of the molecule is CCC(C)(C)CC(C)(C)OCCC(C)(C)O. The minimum Gasteiger partial charge on any atom is -0.390 e. The van der Waals surface area contributed by atoms with E-state index in [9.17, 15) is 5.11 Å². The van der Waals surface area contributed by atoms with E-state index in [1.165, 1.54) is 0 Å². The summed E-state index contributed by atoms with van der Waals surface area (Å²) in [7, 11) is 0. The molecule has 0 rings (SSSR count). The molecule has 0 aromatic heterocycles. The second-order valence-electron chi connectivity index (χ2n) is 6.87. The van der Waals surface area contributed by atoms with Gasteiger partial charge in [-0.25, -0.2) is 0 Å². The van der Waals surface area contributed by atoms with E-state index in [0.29, 0.717) is 18.4 Å². The fraction of sp³-hybridized carbons (Fsp3) is 1.00. The van der Waals surface area contributed by atoms with Gasteiger partial charge in [0.1, 0.15) is 0 Å². The molecule has 0 aliphatic heterocycles. The standard InChI is InChI=1S/C14H30O2/c1-8-12(2,3)11-14(6,7)16-10-9-13(4,5)15/h15H,8-11H2,1-7H3. The summed E-state index contributed by atoms with van der Waals surface area (Å²) in [5.74, 6) is 0. The average Bonchev–Trinajstić information content (AvgIpc) is 1.99. The Bertz CT molecular complexity index is 199. The molecule has 2 nitrogen and oxygen atoms in total. The Morgan fingerprint density at radius 2 is 1.50 bits per heavy atom. The molecule has 0 fully saturated rings. The first-order valence-electron chi connectivity index (χ1n) is 6.34. The highest BCUT2D eigenvalue weighted by atomic mass is 16.5. The molecule has 98 valence electrons. The quantitative estimate of drug-likeness (QED) is 0.721. The van der Waals surface area contributed by atoms with Crippen LogP contribution in [0.2, 0.25) is 0 Å². The van der Waals surface area contributed by atoms with E-state index in [2.05, 4.69) is 34.6 Å². The lowest BCUT2D eigenvalue weighted by Crippen LogP contribution is -2.33. The van der Waals surface area contributed by atoms with Crippen LogP contribution in [-0.2, 0) is 4.74 Å². The maximum atomic E-state index is 9.61. The lowest BCUT2D eigenvalue weighted by Gasteiger charge is -2.35. The van der Waals surface area contributed by atoms with Crippen LogP contribution < -0.4 is 0 Å². The van der Waals surface area contributed by atoms with Gasteiger partial charge in [0.2, 0.25) is 0 Å². The molecule has 0 saturated carbocycles. The first-order chi connectivity index (χ1) is 6.97. The number of ether oxygens (including phenoxy) is 1. The maximum Gasteiger partial charge on any atom is 0.0631 e. The summed E-state index contributed by atoms with van der Waals surface area (Å²) in [6.45, 7) is 15.3. The highest BCUT2D eigenvalue weighted by Crippen LogP contribution is 2.33. The van der Waals surface area contributed by atoms with Crippen molar-refractivity contribution >= 4 is 0 Å². The molecule has 0 radical (unpaired) electrons.